The van der Waals surface area contributed by atoms with Gasteiger partial charge in [-0.05, 0) is 40.2 Å². The van der Waals surface area contributed by atoms with Gasteiger partial charge in [0.2, 0.25) is 0 Å². The molecule has 0 saturated heterocycles. The molecule has 0 saturated carbocycles. The molecule has 0 aliphatic carbocycles. The fraction of sp³-hybridized carbons (Fsp3) is 0. The van der Waals surface area contributed by atoms with Gasteiger partial charge in [-0.15, -0.1) is 0 Å². The van der Waals surface area contributed by atoms with E-state index in [4.69, 9.17) is 9.52 Å². The minimum Gasteiger partial charge on any atom is -0.478 e. The van der Waals surface area contributed by atoms with Crippen molar-refractivity contribution in [1.29, 1.82) is 0 Å². The Kier molecular flexibility index (Phi) is 2.45. The predicted octanol–water partition coefficient (Wildman–Crippen LogP) is 3.06. The summed E-state index contributed by atoms with van der Waals surface area (Å²) in [7, 11) is 0. The highest BCUT2D eigenvalue weighted by atomic mass is 79.9. The Bertz CT molecular complexity index is 745. The molecular weight excluding hydrogens is 300 g/mol. The van der Waals surface area contributed by atoms with Crippen LogP contribution in [0.15, 0.2) is 45.7 Å². The maximum atomic E-state index is 11.0. The summed E-state index contributed by atoms with van der Waals surface area (Å²) >= 11 is 3.22. The fourth-order valence-electron chi connectivity index (χ4n) is 1.73. The molecule has 0 aliphatic rings. The largest absolute Gasteiger partial charge is 0.478 e. The second kappa shape index (κ2) is 3.99. The first kappa shape index (κ1) is 11.0. The highest BCUT2D eigenvalue weighted by Crippen LogP contribution is 2.25. The number of hydrogen-bond donors (Lipinski definition) is 1. The Morgan fingerprint density at radius 1 is 1.33 bits per heavy atom. The van der Waals surface area contributed by atoms with Crippen LogP contribution in [0.2, 0.25) is 0 Å². The van der Waals surface area contributed by atoms with Gasteiger partial charge in [-0.2, -0.15) is 0 Å². The van der Waals surface area contributed by atoms with E-state index in [1.54, 1.807) is 34.9 Å². The minimum atomic E-state index is -0.975. The lowest BCUT2D eigenvalue weighted by atomic mass is 10.3. The summed E-state index contributed by atoms with van der Waals surface area (Å²) in [5.74, 6) is 0.167. The Hall–Kier alpha value is -2.08. The molecule has 5 nitrogen and oxygen atoms in total. The Morgan fingerprint density at radius 3 is 2.83 bits per heavy atom. The normalized spacial score (nSPS) is 10.9. The molecule has 0 spiro atoms. The third-order valence-electron chi connectivity index (χ3n) is 2.57. The molecule has 0 bridgehead atoms. The van der Waals surface area contributed by atoms with E-state index in [9.17, 15) is 4.79 Å². The number of furan rings is 1. The molecule has 0 atom stereocenters. The standard InChI is InChI=1S/C12H7BrN2O3/c13-10-4-3-9(18-10)11-14-5-8-2-1-7(12(16)17)6-15(8)11/h1-6H,(H,16,17). The van der Waals surface area contributed by atoms with Gasteiger partial charge in [-0.3, -0.25) is 4.40 Å². The monoisotopic (exact) mass is 306 g/mol. The summed E-state index contributed by atoms with van der Waals surface area (Å²) in [4.78, 5) is 15.2. The van der Waals surface area contributed by atoms with Gasteiger partial charge in [0.05, 0.1) is 17.3 Å². The van der Waals surface area contributed by atoms with Crippen LogP contribution in [-0.2, 0) is 0 Å². The van der Waals surface area contributed by atoms with Crippen LogP contribution in [0.25, 0.3) is 17.1 Å². The minimum absolute atomic E-state index is 0.201. The first-order chi connectivity index (χ1) is 8.65. The van der Waals surface area contributed by atoms with Crippen molar-refractivity contribution in [2.45, 2.75) is 0 Å². The van der Waals surface area contributed by atoms with Crippen molar-refractivity contribution in [3.05, 3.63) is 46.9 Å². The number of hydrogen-bond acceptors (Lipinski definition) is 3. The molecule has 3 aromatic rings. The number of carboxylic acid groups (broad SMARTS) is 1. The molecule has 3 heterocycles. The van der Waals surface area contributed by atoms with Crippen LogP contribution >= 0.6 is 15.9 Å². The molecule has 0 unspecified atom stereocenters. The lowest BCUT2D eigenvalue weighted by Crippen LogP contribution is -1.99. The summed E-state index contributed by atoms with van der Waals surface area (Å²) in [5, 5.41) is 8.98. The second-order valence-corrected chi connectivity index (χ2v) is 4.48. The Balaban J connectivity index is 2.23. The van der Waals surface area contributed by atoms with E-state index >= 15 is 0 Å². The number of carbonyl (C=O) groups is 1. The summed E-state index contributed by atoms with van der Waals surface area (Å²) in [6.45, 7) is 0. The Labute approximate surface area is 110 Å². The molecule has 3 aromatic heterocycles. The van der Waals surface area contributed by atoms with Crippen LogP contribution in [0.5, 0.6) is 0 Å². The number of rotatable bonds is 2. The third kappa shape index (κ3) is 1.70. The predicted molar refractivity (Wildman–Crippen MR) is 67.6 cm³/mol. The summed E-state index contributed by atoms with van der Waals surface area (Å²) < 4.78 is 7.71. The van der Waals surface area contributed by atoms with Gasteiger partial charge in [0, 0.05) is 6.20 Å². The maximum absolute atomic E-state index is 11.0. The molecule has 0 aromatic carbocycles. The van der Waals surface area contributed by atoms with Gasteiger partial charge in [-0.1, -0.05) is 0 Å². The number of nitrogens with zero attached hydrogens (tertiary/aromatic N) is 2. The first-order valence-electron chi connectivity index (χ1n) is 5.11. The number of imidazole rings is 1. The zero-order chi connectivity index (χ0) is 12.7. The lowest BCUT2D eigenvalue weighted by molar-refractivity contribution is 0.0696. The molecule has 90 valence electrons. The number of aromatic carboxylic acids is 1. The Morgan fingerprint density at radius 2 is 2.17 bits per heavy atom. The fourth-order valence-corrected chi connectivity index (χ4v) is 2.04. The van der Waals surface area contributed by atoms with Gasteiger partial charge < -0.3 is 9.52 Å². The van der Waals surface area contributed by atoms with Gasteiger partial charge in [0.15, 0.2) is 16.3 Å². The van der Waals surface area contributed by atoms with Crippen molar-refractivity contribution >= 4 is 27.4 Å². The molecule has 0 fully saturated rings. The van der Waals surface area contributed by atoms with Crippen LogP contribution in [0.3, 0.4) is 0 Å². The second-order valence-electron chi connectivity index (χ2n) is 3.70. The van der Waals surface area contributed by atoms with Crippen molar-refractivity contribution in [2.24, 2.45) is 0 Å². The van der Waals surface area contributed by atoms with Gasteiger partial charge >= 0.3 is 5.97 Å². The van der Waals surface area contributed by atoms with Gasteiger partial charge in [0.25, 0.3) is 0 Å². The van der Waals surface area contributed by atoms with E-state index in [1.165, 1.54) is 6.20 Å². The van der Waals surface area contributed by atoms with E-state index in [1.807, 2.05) is 0 Å². The van der Waals surface area contributed by atoms with Crippen LogP contribution in [-0.4, -0.2) is 20.5 Å². The summed E-state index contributed by atoms with van der Waals surface area (Å²) in [6.07, 6.45) is 3.19. The zero-order valence-electron chi connectivity index (χ0n) is 9.00. The molecule has 18 heavy (non-hydrogen) atoms. The van der Waals surface area contributed by atoms with Crippen molar-refractivity contribution in [2.75, 3.05) is 0 Å². The first-order valence-corrected chi connectivity index (χ1v) is 5.90. The van der Waals surface area contributed by atoms with E-state index < -0.39 is 5.97 Å². The molecule has 0 amide bonds. The zero-order valence-corrected chi connectivity index (χ0v) is 10.6. The number of fused-ring (bicyclic) bond motifs is 1. The van der Waals surface area contributed by atoms with Crippen molar-refractivity contribution in [3.8, 4) is 11.6 Å². The van der Waals surface area contributed by atoms with E-state index in [0.29, 0.717) is 16.3 Å². The molecule has 3 rings (SSSR count). The highest BCUT2D eigenvalue weighted by molar-refractivity contribution is 9.10. The highest BCUT2D eigenvalue weighted by Gasteiger charge is 2.12. The third-order valence-corrected chi connectivity index (χ3v) is 2.99. The van der Waals surface area contributed by atoms with E-state index in [0.717, 1.165) is 5.52 Å². The topological polar surface area (TPSA) is 67.7 Å². The smallest absolute Gasteiger partial charge is 0.337 e. The van der Waals surface area contributed by atoms with E-state index in [-0.39, 0.29) is 5.56 Å². The van der Waals surface area contributed by atoms with Gasteiger partial charge in [0.1, 0.15) is 0 Å². The van der Waals surface area contributed by atoms with Crippen LogP contribution in [0.1, 0.15) is 10.4 Å². The van der Waals surface area contributed by atoms with Crippen LogP contribution < -0.4 is 0 Å². The van der Waals surface area contributed by atoms with Crippen molar-refractivity contribution in [1.82, 2.24) is 9.38 Å². The number of aromatic nitrogens is 2. The van der Waals surface area contributed by atoms with Crippen LogP contribution in [0.4, 0.5) is 0 Å². The lowest BCUT2D eigenvalue weighted by Gasteiger charge is -2.00. The molecule has 1 N–H and O–H groups in total. The van der Waals surface area contributed by atoms with Crippen LogP contribution in [0, 0.1) is 0 Å². The summed E-state index contributed by atoms with van der Waals surface area (Å²) in [6, 6.07) is 6.78. The maximum Gasteiger partial charge on any atom is 0.337 e. The number of halogens is 1. The molecule has 6 heteroatoms. The average Bonchev–Trinajstić information content (AvgIpc) is 2.93. The van der Waals surface area contributed by atoms with Crippen molar-refractivity contribution < 1.29 is 14.3 Å². The quantitative estimate of drug-likeness (QED) is 0.790. The summed E-state index contributed by atoms with van der Waals surface area (Å²) in [5.41, 5.74) is 1.01. The number of carboxylic acids is 1. The SMILES string of the molecule is O=C(O)c1ccc2cnc(-c3ccc(Br)o3)n2c1. The van der Waals surface area contributed by atoms with E-state index in [2.05, 4.69) is 20.9 Å². The molecule has 0 aliphatic heterocycles. The average molecular weight is 307 g/mol. The number of pyridine rings is 1. The van der Waals surface area contributed by atoms with Crippen molar-refractivity contribution in [3.63, 3.8) is 0 Å². The van der Waals surface area contributed by atoms with Gasteiger partial charge in [-0.25, -0.2) is 9.78 Å². The molecular formula is C12H7BrN2O3. The molecule has 0 radical (unpaired) electrons.